The molecule has 158 valence electrons. The number of para-hydroxylation sites is 1. The Kier molecular flexibility index (Phi) is 5.86. The fourth-order valence-electron chi connectivity index (χ4n) is 3.49. The zero-order valence-electron chi connectivity index (χ0n) is 16.7. The van der Waals surface area contributed by atoms with Crippen LogP contribution in [0.15, 0.2) is 94.9 Å². The Morgan fingerprint density at radius 1 is 0.903 bits per heavy atom. The summed E-state index contributed by atoms with van der Waals surface area (Å²) in [5.41, 5.74) is 1.59. The van der Waals surface area contributed by atoms with E-state index in [0.29, 0.717) is 23.9 Å². The lowest BCUT2D eigenvalue weighted by Crippen LogP contribution is -2.29. The minimum absolute atomic E-state index is 0.00571. The first-order valence-electron chi connectivity index (χ1n) is 9.84. The standard InChI is InChI=1S/C24H21FN2O3S/c25-19-12-10-18(11-13-19)14-15-26-24(28)17-27-16-23(21-8-4-5-9-22(21)27)31(29,30)20-6-2-1-3-7-20/h1-13,16H,14-15,17H2,(H,26,28). The van der Waals surface area contributed by atoms with E-state index in [0.717, 1.165) is 5.56 Å². The molecule has 4 aromatic rings. The molecule has 1 N–H and O–H groups in total. The van der Waals surface area contributed by atoms with E-state index in [9.17, 15) is 17.6 Å². The van der Waals surface area contributed by atoms with Gasteiger partial charge in [-0.1, -0.05) is 48.5 Å². The summed E-state index contributed by atoms with van der Waals surface area (Å²) in [5.74, 6) is -0.528. The Morgan fingerprint density at radius 2 is 1.58 bits per heavy atom. The summed E-state index contributed by atoms with van der Waals surface area (Å²) >= 11 is 0. The third-order valence-corrected chi connectivity index (χ3v) is 6.86. The number of halogens is 1. The minimum atomic E-state index is -3.72. The topological polar surface area (TPSA) is 68.2 Å². The Bertz CT molecular complexity index is 1310. The number of carbonyl (C=O) groups excluding carboxylic acids is 1. The van der Waals surface area contributed by atoms with E-state index < -0.39 is 9.84 Å². The van der Waals surface area contributed by atoms with Crippen LogP contribution in [0.1, 0.15) is 5.56 Å². The first kappa shape index (κ1) is 20.8. The van der Waals surface area contributed by atoms with Crippen LogP contribution in [0.2, 0.25) is 0 Å². The van der Waals surface area contributed by atoms with Crippen LogP contribution in [-0.4, -0.2) is 25.4 Å². The van der Waals surface area contributed by atoms with Gasteiger partial charge < -0.3 is 9.88 Å². The van der Waals surface area contributed by atoms with Crippen molar-refractivity contribution in [3.63, 3.8) is 0 Å². The van der Waals surface area contributed by atoms with Crippen LogP contribution in [0.5, 0.6) is 0 Å². The fraction of sp³-hybridized carbons (Fsp3) is 0.125. The Morgan fingerprint density at radius 3 is 2.32 bits per heavy atom. The number of nitrogens with one attached hydrogen (secondary N) is 1. The highest BCUT2D eigenvalue weighted by atomic mass is 32.2. The van der Waals surface area contributed by atoms with Gasteiger partial charge in [-0.05, 0) is 42.3 Å². The van der Waals surface area contributed by atoms with Gasteiger partial charge in [0, 0.05) is 23.6 Å². The van der Waals surface area contributed by atoms with Crippen LogP contribution in [0.3, 0.4) is 0 Å². The van der Waals surface area contributed by atoms with Crippen molar-refractivity contribution in [1.82, 2.24) is 9.88 Å². The van der Waals surface area contributed by atoms with Gasteiger partial charge in [0.25, 0.3) is 0 Å². The van der Waals surface area contributed by atoms with Crippen LogP contribution in [0.4, 0.5) is 4.39 Å². The van der Waals surface area contributed by atoms with Crippen molar-refractivity contribution in [3.05, 3.63) is 96.4 Å². The summed E-state index contributed by atoms with van der Waals surface area (Å²) in [5, 5.41) is 3.41. The molecule has 0 fully saturated rings. The number of benzene rings is 3. The number of fused-ring (bicyclic) bond motifs is 1. The van der Waals surface area contributed by atoms with Gasteiger partial charge in [0.15, 0.2) is 0 Å². The van der Waals surface area contributed by atoms with Gasteiger partial charge in [-0.15, -0.1) is 0 Å². The third-order valence-electron chi connectivity index (χ3n) is 5.06. The van der Waals surface area contributed by atoms with Crippen LogP contribution in [0.25, 0.3) is 10.9 Å². The van der Waals surface area contributed by atoms with Gasteiger partial charge in [0.2, 0.25) is 15.7 Å². The Balaban J connectivity index is 1.53. The highest BCUT2D eigenvalue weighted by molar-refractivity contribution is 7.91. The first-order valence-corrected chi connectivity index (χ1v) is 11.3. The van der Waals surface area contributed by atoms with E-state index >= 15 is 0 Å². The molecule has 7 heteroatoms. The molecule has 0 aliphatic rings. The highest BCUT2D eigenvalue weighted by Gasteiger charge is 2.23. The second-order valence-electron chi connectivity index (χ2n) is 7.18. The van der Waals surface area contributed by atoms with Crippen LogP contribution in [0, 0.1) is 5.82 Å². The number of carbonyl (C=O) groups is 1. The molecule has 0 bridgehead atoms. The third kappa shape index (κ3) is 4.51. The summed E-state index contributed by atoms with van der Waals surface area (Å²) in [6.07, 6.45) is 2.10. The lowest BCUT2D eigenvalue weighted by molar-refractivity contribution is -0.121. The second-order valence-corrected chi connectivity index (χ2v) is 9.10. The van der Waals surface area contributed by atoms with Gasteiger partial charge in [-0.3, -0.25) is 4.79 Å². The largest absolute Gasteiger partial charge is 0.354 e. The molecule has 0 aliphatic heterocycles. The van der Waals surface area contributed by atoms with Crippen molar-refractivity contribution in [2.45, 2.75) is 22.8 Å². The molecular weight excluding hydrogens is 415 g/mol. The molecule has 3 aromatic carbocycles. The van der Waals surface area contributed by atoms with E-state index in [1.165, 1.54) is 18.3 Å². The van der Waals surface area contributed by atoms with Gasteiger partial charge in [0.05, 0.1) is 9.79 Å². The molecule has 1 heterocycles. The van der Waals surface area contributed by atoms with Crippen LogP contribution < -0.4 is 5.32 Å². The fourth-order valence-corrected chi connectivity index (χ4v) is 4.99. The lowest BCUT2D eigenvalue weighted by atomic mass is 10.1. The molecule has 1 aromatic heterocycles. The summed E-state index contributed by atoms with van der Waals surface area (Å²) in [4.78, 5) is 12.9. The number of amides is 1. The van der Waals surface area contributed by atoms with E-state index in [2.05, 4.69) is 5.32 Å². The summed E-state index contributed by atoms with van der Waals surface area (Å²) < 4.78 is 41.0. The van der Waals surface area contributed by atoms with Gasteiger partial charge in [0.1, 0.15) is 12.4 Å². The van der Waals surface area contributed by atoms with Gasteiger partial charge in [-0.25, -0.2) is 12.8 Å². The Hall–Kier alpha value is -3.45. The molecule has 0 saturated carbocycles. The Labute approximate surface area is 180 Å². The molecule has 0 atom stereocenters. The summed E-state index contributed by atoms with van der Waals surface area (Å²) in [7, 11) is -3.72. The molecule has 31 heavy (non-hydrogen) atoms. The molecular formula is C24H21FN2O3S. The van der Waals surface area contributed by atoms with E-state index in [-0.39, 0.29) is 28.1 Å². The van der Waals surface area contributed by atoms with Crippen molar-refractivity contribution in [2.24, 2.45) is 0 Å². The van der Waals surface area contributed by atoms with Crippen LogP contribution in [-0.2, 0) is 27.6 Å². The minimum Gasteiger partial charge on any atom is -0.354 e. The maximum atomic E-state index is 13.2. The second kappa shape index (κ2) is 8.73. The number of nitrogens with zero attached hydrogens (tertiary/aromatic N) is 1. The van der Waals surface area contributed by atoms with E-state index in [1.807, 2.05) is 6.07 Å². The SMILES string of the molecule is O=C(Cn1cc(S(=O)(=O)c2ccccc2)c2ccccc21)NCCc1ccc(F)cc1. The predicted octanol–water partition coefficient (Wildman–Crippen LogP) is 3.97. The normalized spacial score (nSPS) is 11.5. The average molecular weight is 437 g/mol. The number of hydrogen-bond donors (Lipinski definition) is 1. The molecule has 0 saturated heterocycles. The number of rotatable bonds is 7. The monoisotopic (exact) mass is 436 g/mol. The maximum Gasteiger partial charge on any atom is 0.239 e. The quantitative estimate of drug-likeness (QED) is 0.477. The highest BCUT2D eigenvalue weighted by Crippen LogP contribution is 2.30. The number of aromatic nitrogens is 1. The molecule has 0 radical (unpaired) electrons. The maximum absolute atomic E-state index is 13.2. The summed E-state index contributed by atoms with van der Waals surface area (Å²) in [6.45, 7) is 0.396. The van der Waals surface area contributed by atoms with Crippen molar-refractivity contribution >= 4 is 26.6 Å². The summed E-state index contributed by atoms with van der Waals surface area (Å²) in [6, 6.07) is 21.5. The first-order chi connectivity index (χ1) is 14.9. The smallest absolute Gasteiger partial charge is 0.239 e. The predicted molar refractivity (Wildman–Crippen MR) is 117 cm³/mol. The number of sulfone groups is 1. The van der Waals surface area contributed by atoms with Crippen molar-refractivity contribution < 1.29 is 17.6 Å². The molecule has 1 amide bonds. The molecule has 4 rings (SSSR count). The molecule has 5 nitrogen and oxygen atoms in total. The zero-order valence-corrected chi connectivity index (χ0v) is 17.5. The van der Waals surface area contributed by atoms with E-state index in [4.69, 9.17) is 0 Å². The van der Waals surface area contributed by atoms with E-state index in [1.54, 1.807) is 65.2 Å². The average Bonchev–Trinajstić information content (AvgIpc) is 3.15. The molecule has 0 aliphatic carbocycles. The van der Waals surface area contributed by atoms with Crippen molar-refractivity contribution in [2.75, 3.05) is 6.54 Å². The van der Waals surface area contributed by atoms with Gasteiger partial charge >= 0.3 is 0 Å². The van der Waals surface area contributed by atoms with Crippen LogP contribution >= 0.6 is 0 Å². The zero-order chi connectivity index (χ0) is 21.8. The van der Waals surface area contributed by atoms with Gasteiger partial charge in [-0.2, -0.15) is 0 Å². The van der Waals surface area contributed by atoms with Crippen molar-refractivity contribution in [1.29, 1.82) is 0 Å². The lowest BCUT2D eigenvalue weighted by Gasteiger charge is -2.07. The molecule has 0 unspecified atom stereocenters. The van der Waals surface area contributed by atoms with Crippen molar-refractivity contribution in [3.8, 4) is 0 Å². The number of hydrogen-bond acceptors (Lipinski definition) is 3. The molecule has 0 spiro atoms.